The molecule has 33 heavy (non-hydrogen) atoms. The van der Waals surface area contributed by atoms with E-state index in [-0.39, 0.29) is 28.4 Å². The van der Waals surface area contributed by atoms with Crippen LogP contribution in [-0.2, 0) is 16.4 Å². The zero-order chi connectivity index (χ0) is 24.2. The molecule has 0 aliphatic carbocycles. The van der Waals surface area contributed by atoms with Crippen LogP contribution in [0.4, 0.5) is 10.1 Å². The molecular weight excluding hydrogens is 471 g/mol. The smallest absolute Gasteiger partial charge is 0.335 e. The molecule has 10 heteroatoms. The first kappa shape index (κ1) is 24.4. The van der Waals surface area contributed by atoms with Gasteiger partial charge in [-0.2, -0.15) is 0 Å². The number of hydrogen-bond acceptors (Lipinski definition) is 4. The van der Waals surface area contributed by atoms with Crippen molar-refractivity contribution in [3.8, 4) is 0 Å². The number of aromatic carboxylic acids is 1. The number of nitrogens with zero attached hydrogens (tertiary/aromatic N) is 1. The molecule has 0 unspecified atom stereocenters. The van der Waals surface area contributed by atoms with E-state index in [9.17, 15) is 27.5 Å². The molecule has 0 atom stereocenters. The van der Waals surface area contributed by atoms with E-state index in [1.165, 1.54) is 19.2 Å². The van der Waals surface area contributed by atoms with Crippen molar-refractivity contribution in [2.45, 2.75) is 11.3 Å². The Morgan fingerprint density at radius 3 is 2.27 bits per heavy atom. The lowest BCUT2D eigenvalue weighted by molar-refractivity contribution is 0.0696. The van der Waals surface area contributed by atoms with Crippen molar-refractivity contribution >= 4 is 39.2 Å². The first-order chi connectivity index (χ1) is 15.6. The van der Waals surface area contributed by atoms with Gasteiger partial charge in [0.15, 0.2) is 0 Å². The summed E-state index contributed by atoms with van der Waals surface area (Å²) in [6.45, 7) is 0.122. The van der Waals surface area contributed by atoms with Crippen molar-refractivity contribution in [3.63, 3.8) is 0 Å². The number of carbonyl (C=O) groups is 2. The van der Waals surface area contributed by atoms with E-state index < -0.39 is 32.6 Å². The highest BCUT2D eigenvalue weighted by Crippen LogP contribution is 2.33. The molecule has 0 saturated heterocycles. The van der Waals surface area contributed by atoms with E-state index in [1.807, 2.05) is 30.3 Å². The van der Waals surface area contributed by atoms with Crippen LogP contribution in [0.15, 0.2) is 71.6 Å². The van der Waals surface area contributed by atoms with Crippen LogP contribution in [0.25, 0.3) is 0 Å². The predicted octanol–water partition coefficient (Wildman–Crippen LogP) is 4.29. The van der Waals surface area contributed by atoms with E-state index in [0.29, 0.717) is 6.42 Å². The molecule has 3 aromatic rings. The molecule has 0 aliphatic rings. The van der Waals surface area contributed by atoms with Crippen molar-refractivity contribution < 1.29 is 27.5 Å². The van der Waals surface area contributed by atoms with Gasteiger partial charge >= 0.3 is 5.97 Å². The molecule has 1 amide bonds. The maximum Gasteiger partial charge on any atom is 0.335 e. The van der Waals surface area contributed by atoms with Crippen LogP contribution in [0.2, 0.25) is 5.02 Å². The molecule has 0 heterocycles. The summed E-state index contributed by atoms with van der Waals surface area (Å²) in [4.78, 5) is 23.7. The number of rotatable bonds is 8. The molecule has 0 aliphatic heterocycles. The van der Waals surface area contributed by atoms with Gasteiger partial charge in [0.05, 0.1) is 16.3 Å². The van der Waals surface area contributed by atoms with E-state index in [1.54, 1.807) is 0 Å². The minimum Gasteiger partial charge on any atom is -0.478 e. The highest BCUT2D eigenvalue weighted by molar-refractivity contribution is 7.89. The van der Waals surface area contributed by atoms with Gasteiger partial charge in [-0.3, -0.25) is 4.79 Å². The van der Waals surface area contributed by atoms with Crippen LogP contribution in [0.1, 0.15) is 26.3 Å². The molecule has 2 N–H and O–H groups in total. The summed E-state index contributed by atoms with van der Waals surface area (Å²) in [7, 11) is -2.83. The Morgan fingerprint density at radius 2 is 1.67 bits per heavy atom. The molecule has 0 saturated carbocycles. The summed E-state index contributed by atoms with van der Waals surface area (Å²) in [5, 5.41) is 11.5. The lowest BCUT2D eigenvalue weighted by Gasteiger charge is -2.20. The number of likely N-dealkylation sites (N-methyl/N-ethyl adjacent to an activating group) is 1. The molecule has 0 spiro atoms. The van der Waals surface area contributed by atoms with Crippen LogP contribution < -0.4 is 5.32 Å². The standard InChI is InChI=1S/C23H20ClFN2O5S/c1-27(12-11-15-5-3-2-4-6-15)33(31,32)20-14-17(23(29)30)13-19(21(20)24)26-22(28)16-7-9-18(25)10-8-16/h2-10,13-14H,11-12H2,1H3,(H,26,28)(H,29,30). The normalized spacial score (nSPS) is 11.4. The predicted molar refractivity (Wildman–Crippen MR) is 123 cm³/mol. The zero-order valence-corrected chi connectivity index (χ0v) is 19.0. The van der Waals surface area contributed by atoms with Crippen LogP contribution in [0.5, 0.6) is 0 Å². The van der Waals surface area contributed by atoms with Crippen molar-refractivity contribution in [2.24, 2.45) is 0 Å². The maximum atomic E-state index is 13.2. The number of carbonyl (C=O) groups excluding carboxylic acids is 1. The van der Waals surface area contributed by atoms with Crippen molar-refractivity contribution in [2.75, 3.05) is 18.9 Å². The lowest BCUT2D eigenvalue weighted by atomic mass is 10.1. The number of anilines is 1. The molecule has 0 aromatic heterocycles. The number of hydrogen-bond donors (Lipinski definition) is 2. The fraction of sp³-hybridized carbons (Fsp3) is 0.130. The highest BCUT2D eigenvalue weighted by atomic mass is 35.5. The zero-order valence-electron chi connectivity index (χ0n) is 17.5. The van der Waals surface area contributed by atoms with Crippen LogP contribution in [-0.4, -0.2) is 43.3 Å². The Kier molecular flexibility index (Phi) is 7.47. The maximum absolute atomic E-state index is 13.2. The fourth-order valence-electron chi connectivity index (χ4n) is 3.02. The molecule has 0 radical (unpaired) electrons. The highest BCUT2D eigenvalue weighted by Gasteiger charge is 2.27. The van der Waals surface area contributed by atoms with Crippen LogP contribution in [0.3, 0.4) is 0 Å². The molecular formula is C23H20ClFN2O5S. The second-order valence-electron chi connectivity index (χ2n) is 7.16. The van der Waals surface area contributed by atoms with Gasteiger partial charge in [0.25, 0.3) is 5.91 Å². The lowest BCUT2D eigenvalue weighted by Crippen LogP contribution is -2.29. The number of halogens is 2. The van der Waals surface area contributed by atoms with Gasteiger partial charge in [-0.1, -0.05) is 41.9 Å². The van der Waals surface area contributed by atoms with Gasteiger partial charge in [0.1, 0.15) is 10.7 Å². The van der Waals surface area contributed by atoms with Crippen molar-refractivity contribution in [1.29, 1.82) is 0 Å². The number of nitrogens with one attached hydrogen (secondary N) is 1. The van der Waals surface area contributed by atoms with Gasteiger partial charge < -0.3 is 10.4 Å². The number of benzene rings is 3. The molecule has 0 fully saturated rings. The Morgan fingerprint density at radius 1 is 1.03 bits per heavy atom. The average molecular weight is 491 g/mol. The van der Waals surface area contributed by atoms with E-state index in [4.69, 9.17) is 11.6 Å². The van der Waals surface area contributed by atoms with Crippen molar-refractivity contribution in [3.05, 3.63) is 94.3 Å². The largest absolute Gasteiger partial charge is 0.478 e. The topological polar surface area (TPSA) is 104 Å². The quantitative estimate of drug-likeness (QED) is 0.490. The molecule has 0 bridgehead atoms. The molecule has 3 rings (SSSR count). The summed E-state index contributed by atoms with van der Waals surface area (Å²) in [5.74, 6) is -2.64. The van der Waals surface area contributed by atoms with Gasteiger partial charge in [-0.05, 0) is 48.4 Å². The number of amides is 1. The van der Waals surface area contributed by atoms with E-state index >= 15 is 0 Å². The third-order valence-electron chi connectivity index (χ3n) is 4.89. The summed E-state index contributed by atoms with van der Waals surface area (Å²) in [6, 6.07) is 15.9. The van der Waals surface area contributed by atoms with E-state index in [2.05, 4.69) is 5.32 Å². The summed E-state index contributed by atoms with van der Waals surface area (Å²) < 4.78 is 40.6. The Bertz CT molecular complexity index is 1280. The van der Waals surface area contributed by atoms with Crippen LogP contribution >= 0.6 is 11.6 Å². The number of carboxylic acid groups (broad SMARTS) is 1. The van der Waals surface area contributed by atoms with Gasteiger partial charge in [-0.15, -0.1) is 0 Å². The Hall–Kier alpha value is -3.27. The third-order valence-corrected chi connectivity index (χ3v) is 7.29. The monoisotopic (exact) mass is 490 g/mol. The third kappa shape index (κ3) is 5.75. The Balaban J connectivity index is 1.93. The first-order valence-corrected chi connectivity index (χ1v) is 11.6. The van der Waals surface area contributed by atoms with Gasteiger partial charge in [0, 0.05) is 19.2 Å². The number of sulfonamides is 1. The molecule has 3 aromatic carbocycles. The Labute approximate surface area is 195 Å². The van der Waals surface area contributed by atoms with Gasteiger partial charge in [0.2, 0.25) is 10.0 Å². The van der Waals surface area contributed by atoms with Crippen LogP contribution in [0, 0.1) is 5.82 Å². The van der Waals surface area contributed by atoms with E-state index in [0.717, 1.165) is 34.1 Å². The summed E-state index contributed by atoms with van der Waals surface area (Å²) in [5.41, 5.74) is 0.444. The average Bonchev–Trinajstić information content (AvgIpc) is 2.79. The van der Waals surface area contributed by atoms with Gasteiger partial charge in [-0.25, -0.2) is 21.9 Å². The first-order valence-electron chi connectivity index (χ1n) is 9.73. The molecule has 172 valence electrons. The second-order valence-corrected chi connectivity index (χ2v) is 9.56. The fourth-order valence-corrected chi connectivity index (χ4v) is 4.74. The second kappa shape index (κ2) is 10.1. The minimum absolute atomic E-state index is 0.0811. The summed E-state index contributed by atoms with van der Waals surface area (Å²) >= 11 is 6.31. The minimum atomic E-state index is -4.19. The number of carboxylic acids is 1. The summed E-state index contributed by atoms with van der Waals surface area (Å²) in [6.07, 6.45) is 0.432. The molecule has 7 nitrogen and oxygen atoms in total. The SMILES string of the molecule is CN(CCc1ccccc1)S(=O)(=O)c1cc(C(=O)O)cc(NC(=O)c2ccc(F)cc2)c1Cl. The van der Waals surface area contributed by atoms with Crippen molar-refractivity contribution in [1.82, 2.24) is 4.31 Å².